The summed E-state index contributed by atoms with van der Waals surface area (Å²) in [4.78, 5) is 0. The molecule has 0 fully saturated rings. The third kappa shape index (κ3) is 3.51. The van der Waals surface area contributed by atoms with E-state index in [0.29, 0.717) is 5.56 Å². The third-order valence-corrected chi connectivity index (χ3v) is 2.63. The SMILES string of the molecule is Cc1c(O)ccc(F)c1O.Cc1c(O)cccc1O. The zero-order valence-electron chi connectivity index (χ0n) is 10.6. The second-order valence-corrected chi connectivity index (χ2v) is 3.96. The fraction of sp³-hybridized carbons (Fsp3) is 0.143. The van der Waals surface area contributed by atoms with Crippen LogP contribution in [0.25, 0.3) is 0 Å². The first kappa shape index (κ1) is 14.6. The summed E-state index contributed by atoms with van der Waals surface area (Å²) in [6.07, 6.45) is 0. The van der Waals surface area contributed by atoms with Crippen molar-refractivity contribution in [3.63, 3.8) is 0 Å². The predicted molar refractivity (Wildman–Crippen MR) is 69.0 cm³/mol. The number of phenols is 4. The monoisotopic (exact) mass is 266 g/mol. The maximum atomic E-state index is 12.4. The quantitative estimate of drug-likeness (QED) is 0.591. The molecular formula is C14H15FO4. The van der Waals surface area contributed by atoms with Gasteiger partial charge in [0.05, 0.1) is 0 Å². The highest BCUT2D eigenvalue weighted by molar-refractivity contribution is 5.42. The van der Waals surface area contributed by atoms with Crippen LogP contribution in [0.1, 0.15) is 11.1 Å². The van der Waals surface area contributed by atoms with Gasteiger partial charge in [-0.3, -0.25) is 0 Å². The zero-order valence-corrected chi connectivity index (χ0v) is 10.6. The van der Waals surface area contributed by atoms with Gasteiger partial charge in [0, 0.05) is 11.1 Å². The van der Waals surface area contributed by atoms with E-state index in [1.165, 1.54) is 25.1 Å². The smallest absolute Gasteiger partial charge is 0.165 e. The number of benzene rings is 2. The van der Waals surface area contributed by atoms with Gasteiger partial charge in [-0.05, 0) is 38.1 Å². The van der Waals surface area contributed by atoms with Crippen LogP contribution in [-0.2, 0) is 0 Å². The number of rotatable bonds is 0. The molecule has 2 aromatic carbocycles. The maximum absolute atomic E-state index is 12.4. The molecule has 4 N–H and O–H groups in total. The van der Waals surface area contributed by atoms with Crippen molar-refractivity contribution in [2.45, 2.75) is 13.8 Å². The molecule has 5 heteroatoms. The average Bonchev–Trinajstić information content (AvgIpc) is 2.39. The van der Waals surface area contributed by atoms with Gasteiger partial charge in [-0.15, -0.1) is 0 Å². The Hall–Kier alpha value is -2.43. The third-order valence-electron chi connectivity index (χ3n) is 2.63. The maximum Gasteiger partial charge on any atom is 0.165 e. The summed E-state index contributed by atoms with van der Waals surface area (Å²) in [6, 6.07) is 6.88. The molecule has 0 unspecified atom stereocenters. The highest BCUT2D eigenvalue weighted by Gasteiger charge is 2.06. The molecule has 0 aliphatic carbocycles. The van der Waals surface area contributed by atoms with E-state index < -0.39 is 11.6 Å². The summed E-state index contributed by atoms with van der Waals surface area (Å²) in [5.74, 6) is -1.03. The topological polar surface area (TPSA) is 80.9 Å². The standard InChI is InChI=1S/C7H7FO2.C7H8O2/c1-4-6(9)3-2-5(8)7(4)10;1-5-6(8)3-2-4-7(5)9/h2-3,9-10H,1H3;2-4,8-9H,1H3. The van der Waals surface area contributed by atoms with Gasteiger partial charge in [-0.1, -0.05) is 6.07 Å². The van der Waals surface area contributed by atoms with Crippen LogP contribution in [0.15, 0.2) is 30.3 Å². The minimum atomic E-state index is -0.713. The molecule has 0 saturated carbocycles. The summed E-state index contributed by atoms with van der Waals surface area (Å²) in [5.41, 5.74) is 0.692. The van der Waals surface area contributed by atoms with E-state index in [1.807, 2.05) is 0 Å². The van der Waals surface area contributed by atoms with Gasteiger partial charge in [-0.2, -0.15) is 0 Å². The summed E-state index contributed by atoms with van der Waals surface area (Å²) in [6.45, 7) is 3.10. The van der Waals surface area contributed by atoms with Crippen molar-refractivity contribution in [3.05, 3.63) is 47.3 Å². The lowest BCUT2D eigenvalue weighted by molar-refractivity contribution is 0.413. The van der Waals surface area contributed by atoms with Crippen LogP contribution in [0, 0.1) is 19.7 Å². The largest absolute Gasteiger partial charge is 0.508 e. The molecule has 4 nitrogen and oxygen atoms in total. The first-order valence-electron chi connectivity index (χ1n) is 5.49. The van der Waals surface area contributed by atoms with Gasteiger partial charge >= 0.3 is 0 Å². The molecule has 0 atom stereocenters. The number of hydrogen-bond acceptors (Lipinski definition) is 4. The van der Waals surface area contributed by atoms with Crippen molar-refractivity contribution in [1.29, 1.82) is 0 Å². The lowest BCUT2D eigenvalue weighted by atomic mass is 10.2. The van der Waals surface area contributed by atoms with Crippen LogP contribution in [-0.4, -0.2) is 20.4 Å². The fourth-order valence-corrected chi connectivity index (χ4v) is 1.27. The highest BCUT2D eigenvalue weighted by atomic mass is 19.1. The number of hydrogen-bond donors (Lipinski definition) is 4. The summed E-state index contributed by atoms with van der Waals surface area (Å²) < 4.78 is 12.4. The minimum absolute atomic E-state index is 0.0982. The second-order valence-electron chi connectivity index (χ2n) is 3.96. The van der Waals surface area contributed by atoms with E-state index in [1.54, 1.807) is 13.0 Å². The van der Waals surface area contributed by atoms with Gasteiger partial charge in [0.2, 0.25) is 0 Å². The Morgan fingerprint density at radius 1 is 0.737 bits per heavy atom. The van der Waals surface area contributed by atoms with Gasteiger partial charge in [0.25, 0.3) is 0 Å². The van der Waals surface area contributed by atoms with Gasteiger partial charge in [-0.25, -0.2) is 4.39 Å². The van der Waals surface area contributed by atoms with Gasteiger partial charge in [0.15, 0.2) is 11.6 Å². The Labute approximate surface area is 110 Å². The first-order valence-corrected chi connectivity index (χ1v) is 5.49. The number of halogens is 1. The second kappa shape index (κ2) is 5.95. The Kier molecular flexibility index (Phi) is 4.58. The Balaban J connectivity index is 0.000000191. The average molecular weight is 266 g/mol. The van der Waals surface area contributed by atoms with Crippen molar-refractivity contribution < 1.29 is 24.8 Å². The van der Waals surface area contributed by atoms with Crippen molar-refractivity contribution in [2.24, 2.45) is 0 Å². The van der Waals surface area contributed by atoms with E-state index in [0.717, 1.165) is 6.07 Å². The van der Waals surface area contributed by atoms with Crippen molar-refractivity contribution in [3.8, 4) is 23.0 Å². The van der Waals surface area contributed by atoms with E-state index in [2.05, 4.69) is 0 Å². The molecule has 0 aliphatic rings. The van der Waals surface area contributed by atoms with E-state index >= 15 is 0 Å². The summed E-state index contributed by atoms with van der Waals surface area (Å²) in [7, 11) is 0. The summed E-state index contributed by atoms with van der Waals surface area (Å²) in [5, 5.41) is 35.6. The highest BCUT2D eigenvalue weighted by Crippen LogP contribution is 2.27. The van der Waals surface area contributed by atoms with Crippen molar-refractivity contribution in [2.75, 3.05) is 0 Å². The van der Waals surface area contributed by atoms with Crippen LogP contribution in [0.5, 0.6) is 23.0 Å². The summed E-state index contributed by atoms with van der Waals surface area (Å²) >= 11 is 0. The fourth-order valence-electron chi connectivity index (χ4n) is 1.27. The van der Waals surface area contributed by atoms with E-state index in [9.17, 15) is 4.39 Å². The van der Waals surface area contributed by atoms with Crippen LogP contribution >= 0.6 is 0 Å². The molecule has 19 heavy (non-hydrogen) atoms. The van der Waals surface area contributed by atoms with Gasteiger partial charge < -0.3 is 20.4 Å². The zero-order chi connectivity index (χ0) is 14.6. The van der Waals surface area contributed by atoms with Gasteiger partial charge in [0.1, 0.15) is 17.2 Å². The lowest BCUT2D eigenvalue weighted by Gasteiger charge is -2.00. The Morgan fingerprint density at radius 2 is 1.21 bits per heavy atom. The Morgan fingerprint density at radius 3 is 1.63 bits per heavy atom. The van der Waals surface area contributed by atoms with E-state index in [4.69, 9.17) is 20.4 Å². The van der Waals surface area contributed by atoms with Crippen molar-refractivity contribution in [1.82, 2.24) is 0 Å². The van der Waals surface area contributed by atoms with Crippen LogP contribution < -0.4 is 0 Å². The Bertz CT molecular complexity index is 535. The van der Waals surface area contributed by atoms with Crippen LogP contribution in [0.3, 0.4) is 0 Å². The molecule has 0 bridgehead atoms. The van der Waals surface area contributed by atoms with Crippen LogP contribution in [0.4, 0.5) is 4.39 Å². The molecule has 102 valence electrons. The normalized spacial score (nSPS) is 9.63. The van der Waals surface area contributed by atoms with Crippen molar-refractivity contribution >= 4 is 0 Å². The molecule has 2 rings (SSSR count). The molecule has 0 spiro atoms. The molecule has 0 heterocycles. The van der Waals surface area contributed by atoms with Crippen LogP contribution in [0.2, 0.25) is 0 Å². The molecule has 0 aromatic heterocycles. The molecular weight excluding hydrogens is 251 g/mol. The number of phenolic OH excluding ortho intramolecular Hbond substituents is 4. The van der Waals surface area contributed by atoms with E-state index in [-0.39, 0.29) is 22.8 Å². The molecule has 0 amide bonds. The molecule has 0 saturated heterocycles. The number of aromatic hydroxyl groups is 4. The minimum Gasteiger partial charge on any atom is -0.508 e. The lowest BCUT2D eigenvalue weighted by Crippen LogP contribution is -1.80. The molecule has 2 aromatic rings. The molecule has 0 radical (unpaired) electrons. The first-order chi connectivity index (χ1) is 8.84. The predicted octanol–water partition coefficient (Wildman–Crippen LogP) is 2.95. The molecule has 0 aliphatic heterocycles.